The normalized spacial score (nSPS) is 12.7. The van der Waals surface area contributed by atoms with E-state index in [0.717, 1.165) is 26.9 Å². The van der Waals surface area contributed by atoms with Crippen LogP contribution in [-0.4, -0.2) is 19.9 Å². The molecule has 0 fully saturated rings. The van der Waals surface area contributed by atoms with Crippen molar-refractivity contribution in [3.8, 4) is 0 Å². The molecule has 4 nitrogen and oxygen atoms in total. The first kappa shape index (κ1) is 13.7. The summed E-state index contributed by atoms with van der Waals surface area (Å²) in [6.45, 7) is 2.75. The summed E-state index contributed by atoms with van der Waals surface area (Å²) in [7, 11) is 0. The van der Waals surface area contributed by atoms with E-state index in [1.165, 1.54) is 6.33 Å². The molecule has 1 aromatic heterocycles. The van der Waals surface area contributed by atoms with Crippen LogP contribution in [0.1, 0.15) is 24.4 Å². The third-order valence-electron chi connectivity index (χ3n) is 2.64. The quantitative estimate of drug-likeness (QED) is 0.894. The van der Waals surface area contributed by atoms with Crippen LogP contribution in [0, 0.1) is 0 Å². The van der Waals surface area contributed by atoms with Gasteiger partial charge in [0.1, 0.15) is 12.2 Å². The maximum Gasteiger partial charge on any atom is 0.138 e. The summed E-state index contributed by atoms with van der Waals surface area (Å²) in [5.41, 5.74) is 0.849. The predicted octanol–water partition coefficient (Wildman–Crippen LogP) is 3.10. The molecule has 1 aromatic carbocycles. The second kappa shape index (κ2) is 5.95. The molecule has 1 unspecified atom stereocenters. The number of nitrogens with zero attached hydrogens (tertiary/aromatic N) is 3. The Labute approximate surface area is 122 Å². The first-order valence-electron chi connectivity index (χ1n) is 5.61. The average molecular weight is 375 g/mol. The van der Waals surface area contributed by atoms with Crippen molar-refractivity contribution < 1.29 is 5.11 Å². The van der Waals surface area contributed by atoms with Gasteiger partial charge in [0.05, 0.1) is 6.10 Å². The molecule has 1 atom stereocenters. The summed E-state index contributed by atoms with van der Waals surface area (Å²) in [6, 6.07) is 5.74. The van der Waals surface area contributed by atoms with Crippen LogP contribution >= 0.6 is 31.9 Å². The number of hydrogen-bond acceptors (Lipinski definition) is 3. The van der Waals surface area contributed by atoms with Crippen LogP contribution in [0.25, 0.3) is 0 Å². The van der Waals surface area contributed by atoms with E-state index in [4.69, 9.17) is 0 Å². The fraction of sp³-hybridized carbons (Fsp3) is 0.333. The van der Waals surface area contributed by atoms with Gasteiger partial charge >= 0.3 is 0 Å². The van der Waals surface area contributed by atoms with Crippen LogP contribution in [0.4, 0.5) is 0 Å². The molecule has 0 aliphatic heterocycles. The van der Waals surface area contributed by atoms with Crippen LogP contribution in [0.2, 0.25) is 0 Å². The molecule has 2 aromatic rings. The van der Waals surface area contributed by atoms with Crippen LogP contribution in [0.3, 0.4) is 0 Å². The van der Waals surface area contributed by atoms with Gasteiger partial charge < -0.3 is 5.11 Å². The number of hydrogen-bond donors (Lipinski definition) is 1. The number of aryl methyl sites for hydroxylation is 1. The van der Waals surface area contributed by atoms with Gasteiger partial charge in [0.2, 0.25) is 0 Å². The molecule has 0 amide bonds. The van der Waals surface area contributed by atoms with Crippen LogP contribution < -0.4 is 0 Å². The minimum Gasteiger partial charge on any atom is -0.388 e. The minimum atomic E-state index is -0.590. The molecular formula is C12H13Br2N3O. The van der Waals surface area contributed by atoms with Crippen molar-refractivity contribution in [2.24, 2.45) is 0 Å². The Bertz CT molecular complexity index is 522. The molecule has 0 saturated heterocycles. The molecule has 1 heterocycles. The maximum atomic E-state index is 10.2. The monoisotopic (exact) mass is 373 g/mol. The van der Waals surface area contributed by atoms with Crippen LogP contribution in [0.5, 0.6) is 0 Å². The molecule has 2 rings (SSSR count). The van der Waals surface area contributed by atoms with Crippen molar-refractivity contribution in [1.82, 2.24) is 14.8 Å². The minimum absolute atomic E-state index is 0.455. The third-order valence-corrected chi connectivity index (χ3v) is 3.56. The van der Waals surface area contributed by atoms with E-state index >= 15 is 0 Å². The second-order valence-corrected chi connectivity index (χ2v) is 5.75. The van der Waals surface area contributed by atoms with Gasteiger partial charge in [-0.2, -0.15) is 5.10 Å². The largest absolute Gasteiger partial charge is 0.388 e. The Morgan fingerprint density at radius 2 is 1.94 bits per heavy atom. The number of aliphatic hydroxyl groups excluding tert-OH is 1. The lowest BCUT2D eigenvalue weighted by Gasteiger charge is -2.12. The van der Waals surface area contributed by atoms with Crippen molar-refractivity contribution in [3.63, 3.8) is 0 Å². The Morgan fingerprint density at radius 3 is 2.56 bits per heavy atom. The molecule has 18 heavy (non-hydrogen) atoms. The third kappa shape index (κ3) is 3.18. The van der Waals surface area contributed by atoms with Gasteiger partial charge in [0.15, 0.2) is 0 Å². The Balaban J connectivity index is 2.19. The lowest BCUT2D eigenvalue weighted by Crippen LogP contribution is -2.09. The van der Waals surface area contributed by atoms with E-state index < -0.39 is 6.10 Å². The summed E-state index contributed by atoms with van der Waals surface area (Å²) >= 11 is 6.83. The van der Waals surface area contributed by atoms with Crippen molar-refractivity contribution in [3.05, 3.63) is 44.9 Å². The summed E-state index contributed by atoms with van der Waals surface area (Å²) in [6.07, 6.45) is 1.38. The van der Waals surface area contributed by atoms with E-state index in [0.29, 0.717) is 6.42 Å². The standard InChI is InChI=1S/C12H13Br2N3O/c1-2-17-12(15-7-16-17)6-11(18)8-3-9(13)5-10(14)4-8/h3-5,7,11,18H,2,6H2,1H3. The number of benzene rings is 1. The zero-order valence-electron chi connectivity index (χ0n) is 9.85. The number of aromatic nitrogens is 3. The zero-order chi connectivity index (χ0) is 13.1. The van der Waals surface area contributed by atoms with Crippen molar-refractivity contribution >= 4 is 31.9 Å². The lowest BCUT2D eigenvalue weighted by molar-refractivity contribution is 0.174. The smallest absolute Gasteiger partial charge is 0.138 e. The van der Waals surface area contributed by atoms with Crippen molar-refractivity contribution in [2.75, 3.05) is 0 Å². The molecule has 0 saturated carbocycles. The highest BCUT2D eigenvalue weighted by Crippen LogP contribution is 2.25. The van der Waals surface area contributed by atoms with Gasteiger partial charge in [0.25, 0.3) is 0 Å². The molecule has 0 aliphatic rings. The van der Waals surface area contributed by atoms with Gasteiger partial charge in [-0.1, -0.05) is 31.9 Å². The van der Waals surface area contributed by atoms with Crippen LogP contribution in [0.15, 0.2) is 33.5 Å². The van der Waals surface area contributed by atoms with E-state index in [-0.39, 0.29) is 0 Å². The summed E-state index contributed by atoms with van der Waals surface area (Å²) in [4.78, 5) is 4.17. The van der Waals surface area contributed by atoms with Crippen LogP contribution in [-0.2, 0) is 13.0 Å². The number of aliphatic hydroxyl groups is 1. The van der Waals surface area contributed by atoms with Gasteiger partial charge in [-0.05, 0) is 30.7 Å². The second-order valence-electron chi connectivity index (χ2n) is 3.91. The molecule has 0 radical (unpaired) electrons. The predicted molar refractivity (Wildman–Crippen MR) is 76.2 cm³/mol. The SMILES string of the molecule is CCn1ncnc1CC(O)c1cc(Br)cc(Br)c1. The number of halogens is 2. The van der Waals surface area contributed by atoms with Gasteiger partial charge in [0, 0.05) is 21.9 Å². The Morgan fingerprint density at radius 1 is 1.28 bits per heavy atom. The topological polar surface area (TPSA) is 50.9 Å². The maximum absolute atomic E-state index is 10.2. The fourth-order valence-electron chi connectivity index (χ4n) is 1.77. The van der Waals surface area contributed by atoms with E-state index in [1.54, 1.807) is 4.68 Å². The summed E-state index contributed by atoms with van der Waals surface area (Å²) in [5.74, 6) is 0.793. The summed E-state index contributed by atoms with van der Waals surface area (Å²) in [5, 5.41) is 14.3. The Kier molecular flexibility index (Phi) is 4.53. The Hall–Kier alpha value is -0.720. The van der Waals surface area contributed by atoms with E-state index in [9.17, 15) is 5.11 Å². The van der Waals surface area contributed by atoms with Crippen molar-refractivity contribution in [1.29, 1.82) is 0 Å². The van der Waals surface area contributed by atoms with E-state index in [1.807, 2.05) is 25.1 Å². The van der Waals surface area contributed by atoms with Gasteiger partial charge in [-0.3, -0.25) is 4.68 Å². The molecule has 0 aliphatic carbocycles. The number of rotatable bonds is 4. The van der Waals surface area contributed by atoms with Crippen molar-refractivity contribution in [2.45, 2.75) is 26.0 Å². The molecule has 1 N–H and O–H groups in total. The lowest BCUT2D eigenvalue weighted by atomic mass is 10.1. The summed E-state index contributed by atoms with van der Waals surface area (Å²) < 4.78 is 3.65. The molecule has 96 valence electrons. The van der Waals surface area contributed by atoms with Gasteiger partial charge in [-0.15, -0.1) is 0 Å². The molecular weight excluding hydrogens is 362 g/mol. The average Bonchev–Trinajstić information content (AvgIpc) is 2.75. The molecule has 6 heteroatoms. The van der Waals surface area contributed by atoms with Gasteiger partial charge in [-0.25, -0.2) is 4.98 Å². The first-order valence-corrected chi connectivity index (χ1v) is 7.19. The first-order chi connectivity index (χ1) is 8.60. The highest BCUT2D eigenvalue weighted by atomic mass is 79.9. The zero-order valence-corrected chi connectivity index (χ0v) is 13.0. The molecule has 0 spiro atoms. The van der Waals surface area contributed by atoms with E-state index in [2.05, 4.69) is 41.9 Å². The highest BCUT2D eigenvalue weighted by Gasteiger charge is 2.13. The highest BCUT2D eigenvalue weighted by molar-refractivity contribution is 9.11. The molecule has 0 bridgehead atoms. The fourth-order valence-corrected chi connectivity index (χ4v) is 3.10.